The van der Waals surface area contributed by atoms with Crippen LogP contribution in [0.4, 0.5) is 10.5 Å². The van der Waals surface area contributed by atoms with Crippen LogP contribution in [0, 0.1) is 10.1 Å². The number of ether oxygens (including phenoxy) is 2. The van der Waals surface area contributed by atoms with E-state index in [4.69, 9.17) is 9.47 Å². The van der Waals surface area contributed by atoms with Gasteiger partial charge in [0.05, 0.1) is 17.0 Å². The van der Waals surface area contributed by atoms with Gasteiger partial charge >= 0.3 is 12.1 Å². The molecule has 0 spiro atoms. The van der Waals surface area contributed by atoms with Crippen molar-refractivity contribution < 1.29 is 33.6 Å². The number of hydrogen-bond acceptors (Lipinski definition) is 10. The number of esters is 1. The molecule has 14 heteroatoms. The van der Waals surface area contributed by atoms with Gasteiger partial charge in [0.1, 0.15) is 18.0 Å². The van der Waals surface area contributed by atoms with Crippen LogP contribution in [0.25, 0.3) is 0 Å². The minimum absolute atomic E-state index is 0.101. The molecule has 12 nitrogen and oxygen atoms in total. The molecule has 2 N–H and O–H groups in total. The molecule has 3 heterocycles. The third-order valence-electron chi connectivity index (χ3n) is 7.59. The summed E-state index contributed by atoms with van der Waals surface area (Å²) >= 11 is 2.70. The van der Waals surface area contributed by atoms with Crippen LogP contribution in [0.15, 0.2) is 114 Å². The molecule has 4 aromatic rings. The Balaban J connectivity index is 1.24. The number of carbonyl (C=O) groups is 4. The maximum absolute atomic E-state index is 14.1. The SMILES string of the molecule is O=C(Cc1cccs1)NC1C(=O)N2C(C(=O)OC(c3ccccc3)c3ccccc3)=C(NC(=O)OCc3ccc([N+](=O)[O-])cc3)CS[C@@H]12. The van der Waals surface area contributed by atoms with Gasteiger partial charge in [-0.3, -0.25) is 29.9 Å². The largest absolute Gasteiger partial charge is 0.448 e. The second-order valence-corrected chi connectivity index (χ2v) is 12.9. The molecule has 1 unspecified atom stereocenters. The monoisotopic (exact) mass is 684 g/mol. The number of thioether (sulfide) groups is 1. The quantitative estimate of drug-likeness (QED) is 0.0953. The lowest BCUT2D eigenvalue weighted by Crippen LogP contribution is -2.71. The Hall–Kier alpha value is -5.47. The van der Waals surface area contributed by atoms with Crippen LogP contribution in [0.2, 0.25) is 0 Å². The van der Waals surface area contributed by atoms with Crippen molar-refractivity contribution in [1.29, 1.82) is 0 Å². The van der Waals surface area contributed by atoms with Crippen LogP contribution in [-0.2, 0) is 36.9 Å². The molecule has 2 aliphatic heterocycles. The van der Waals surface area contributed by atoms with Crippen molar-refractivity contribution in [2.75, 3.05) is 5.75 Å². The van der Waals surface area contributed by atoms with Crippen molar-refractivity contribution in [2.24, 2.45) is 0 Å². The molecule has 1 aromatic heterocycles. The molecule has 0 radical (unpaired) electrons. The van der Waals surface area contributed by atoms with E-state index in [1.54, 1.807) is 0 Å². The number of rotatable bonds is 11. The number of carbonyl (C=O) groups excluding carboxylic acids is 4. The first-order valence-corrected chi connectivity index (χ1v) is 16.7. The lowest BCUT2D eigenvalue weighted by molar-refractivity contribution is -0.384. The molecule has 0 saturated carbocycles. The van der Waals surface area contributed by atoms with E-state index in [1.807, 2.05) is 78.2 Å². The number of fused-ring (bicyclic) bond motifs is 1. The average Bonchev–Trinajstić information content (AvgIpc) is 3.62. The van der Waals surface area contributed by atoms with E-state index in [9.17, 15) is 29.3 Å². The van der Waals surface area contributed by atoms with Gasteiger partial charge in [-0.2, -0.15) is 0 Å². The molecule has 2 atom stereocenters. The van der Waals surface area contributed by atoms with Crippen LogP contribution >= 0.6 is 23.1 Å². The van der Waals surface area contributed by atoms with Crippen molar-refractivity contribution in [1.82, 2.24) is 15.5 Å². The molecule has 244 valence electrons. The zero-order valence-corrected chi connectivity index (χ0v) is 26.8. The molecule has 1 fully saturated rings. The lowest BCUT2D eigenvalue weighted by atomic mass is 10.0. The highest BCUT2D eigenvalue weighted by atomic mass is 32.2. The Morgan fingerprint density at radius 3 is 2.21 bits per heavy atom. The minimum atomic E-state index is -0.899. The van der Waals surface area contributed by atoms with Gasteiger partial charge in [-0.1, -0.05) is 66.7 Å². The van der Waals surface area contributed by atoms with Crippen molar-refractivity contribution in [3.05, 3.63) is 146 Å². The van der Waals surface area contributed by atoms with E-state index < -0.39 is 40.4 Å². The summed E-state index contributed by atoms with van der Waals surface area (Å²) in [5.74, 6) is -1.59. The number of nitro groups is 1. The summed E-state index contributed by atoms with van der Waals surface area (Å²) in [6.45, 7) is -0.197. The van der Waals surface area contributed by atoms with Gasteiger partial charge in [0.25, 0.3) is 11.6 Å². The highest BCUT2D eigenvalue weighted by Gasteiger charge is 2.55. The number of amides is 3. The van der Waals surface area contributed by atoms with E-state index in [-0.39, 0.29) is 41.8 Å². The summed E-state index contributed by atoms with van der Waals surface area (Å²) in [5, 5.41) is 17.6. The number of hydrogen-bond donors (Lipinski definition) is 2. The summed E-state index contributed by atoms with van der Waals surface area (Å²) in [4.78, 5) is 65.8. The second kappa shape index (κ2) is 14.5. The van der Waals surface area contributed by atoms with Gasteiger partial charge < -0.3 is 14.8 Å². The lowest BCUT2D eigenvalue weighted by Gasteiger charge is -2.49. The van der Waals surface area contributed by atoms with Gasteiger partial charge in [-0.05, 0) is 40.3 Å². The van der Waals surface area contributed by atoms with Gasteiger partial charge in [-0.25, -0.2) is 9.59 Å². The first-order valence-electron chi connectivity index (χ1n) is 14.8. The Labute approximate surface area is 282 Å². The molecule has 2 aliphatic rings. The van der Waals surface area contributed by atoms with E-state index >= 15 is 0 Å². The van der Waals surface area contributed by atoms with Crippen molar-refractivity contribution >= 4 is 52.7 Å². The molecule has 0 aliphatic carbocycles. The topological polar surface area (TPSA) is 157 Å². The van der Waals surface area contributed by atoms with Gasteiger partial charge in [0.15, 0.2) is 11.8 Å². The number of thiophene rings is 1. The number of β-lactam (4-membered cyclic amide) rings is 1. The molecule has 6 rings (SSSR count). The highest BCUT2D eigenvalue weighted by molar-refractivity contribution is 8.00. The van der Waals surface area contributed by atoms with Crippen molar-refractivity contribution in [3.63, 3.8) is 0 Å². The predicted molar refractivity (Wildman–Crippen MR) is 177 cm³/mol. The van der Waals surface area contributed by atoms with Gasteiger partial charge in [0, 0.05) is 22.8 Å². The standard InChI is InChI=1S/C34H28N4O8S2/c39-27(18-25-12-7-17-47-25)36-28-31(40)37-29(33(41)46-30(22-8-3-1-4-9-22)23-10-5-2-6-11-23)26(20-48-32(28)37)35-34(42)45-19-21-13-15-24(16-14-21)38(43)44/h1-17,28,30,32H,18-20H2,(H,35,42)(H,36,39)/t28?,32-/m0/s1. The summed E-state index contributed by atoms with van der Waals surface area (Å²) < 4.78 is 11.4. The smallest absolute Gasteiger partial charge is 0.411 e. The van der Waals surface area contributed by atoms with Crippen molar-refractivity contribution in [2.45, 2.75) is 30.5 Å². The van der Waals surface area contributed by atoms with Gasteiger partial charge in [-0.15, -0.1) is 23.1 Å². The normalized spacial score (nSPS) is 16.9. The number of nitrogens with one attached hydrogen (secondary N) is 2. The Morgan fingerprint density at radius 2 is 1.60 bits per heavy atom. The van der Waals surface area contributed by atoms with Gasteiger partial charge in [0.2, 0.25) is 5.91 Å². The van der Waals surface area contributed by atoms with Crippen LogP contribution in [-0.4, -0.2) is 50.9 Å². The zero-order chi connectivity index (χ0) is 33.6. The van der Waals surface area contributed by atoms with Crippen LogP contribution in [0.3, 0.4) is 0 Å². The summed E-state index contributed by atoms with van der Waals surface area (Å²) in [5.41, 5.74) is 1.75. The number of non-ortho nitro benzene ring substituents is 1. The zero-order valence-electron chi connectivity index (χ0n) is 25.1. The minimum Gasteiger partial charge on any atom is -0.448 e. The van der Waals surface area contributed by atoms with E-state index in [0.29, 0.717) is 16.7 Å². The van der Waals surface area contributed by atoms with Crippen LogP contribution in [0.1, 0.15) is 27.7 Å². The third kappa shape index (κ3) is 7.24. The van der Waals surface area contributed by atoms with Crippen LogP contribution < -0.4 is 10.6 Å². The van der Waals surface area contributed by atoms with Crippen molar-refractivity contribution in [3.8, 4) is 0 Å². The summed E-state index contributed by atoms with van der Waals surface area (Å²) in [6, 6.07) is 26.6. The van der Waals surface area contributed by atoms with E-state index in [1.165, 1.54) is 52.3 Å². The maximum Gasteiger partial charge on any atom is 0.411 e. The average molecular weight is 685 g/mol. The number of alkyl carbamates (subject to hydrolysis) is 1. The fourth-order valence-corrected chi connectivity index (χ4v) is 7.25. The number of nitrogens with zero attached hydrogens (tertiary/aromatic N) is 2. The molecule has 1 saturated heterocycles. The molecule has 48 heavy (non-hydrogen) atoms. The molecule has 0 bridgehead atoms. The summed E-state index contributed by atoms with van der Waals surface area (Å²) in [7, 11) is 0. The highest BCUT2D eigenvalue weighted by Crippen LogP contribution is 2.41. The molecular weight excluding hydrogens is 657 g/mol. The molecule has 3 aromatic carbocycles. The second-order valence-electron chi connectivity index (χ2n) is 10.8. The summed E-state index contributed by atoms with van der Waals surface area (Å²) in [6.07, 6.45) is -1.61. The van der Waals surface area contributed by atoms with E-state index in [2.05, 4.69) is 10.6 Å². The maximum atomic E-state index is 14.1. The molecule has 3 amide bonds. The number of benzene rings is 3. The fourth-order valence-electron chi connectivity index (χ4n) is 5.27. The first kappa shape index (κ1) is 32.5. The molecular formula is C34H28N4O8S2. The number of nitro benzene ring substituents is 1. The fraction of sp³-hybridized carbons (Fsp3) is 0.176. The first-order chi connectivity index (χ1) is 23.3. The Morgan fingerprint density at radius 1 is 0.938 bits per heavy atom. The third-order valence-corrected chi connectivity index (χ3v) is 9.75. The van der Waals surface area contributed by atoms with E-state index in [0.717, 1.165) is 4.88 Å². The Bertz CT molecular complexity index is 1810. The van der Waals surface area contributed by atoms with Crippen LogP contribution in [0.5, 0.6) is 0 Å². The predicted octanol–water partition coefficient (Wildman–Crippen LogP) is 5.07. The Kier molecular flexibility index (Phi) is 9.83.